The minimum atomic E-state index is -4.54. The number of pyridine rings is 1. The molecule has 25 heavy (non-hydrogen) atoms. The largest absolute Gasteiger partial charge is 0.468 e. The fraction of sp³-hybridized carbons (Fsp3) is 0.273. The molecule has 0 unspecified atom stereocenters. The van der Waals surface area contributed by atoms with E-state index in [4.69, 9.17) is 0 Å². The highest BCUT2D eigenvalue weighted by Gasteiger charge is 2.28. The molecule has 0 aliphatic carbocycles. The fourth-order valence-electron chi connectivity index (χ4n) is 1.44. The second-order valence-electron chi connectivity index (χ2n) is 4.34. The van der Waals surface area contributed by atoms with Gasteiger partial charge in [-0.2, -0.15) is 18.2 Å². The third-order valence-electron chi connectivity index (χ3n) is 2.49. The van der Waals surface area contributed by atoms with Gasteiger partial charge in [-0.15, -0.1) is 5.10 Å². The summed E-state index contributed by atoms with van der Waals surface area (Å²) in [7, 11) is -3.08. The second-order valence-corrected chi connectivity index (χ2v) is 6.02. The number of hydrogen-bond acceptors (Lipinski definition) is 8. The maximum Gasteiger partial charge on any atom is 0.422 e. The summed E-state index contributed by atoms with van der Waals surface area (Å²) in [5, 5.41) is 5.64. The topological polar surface area (TPSA) is 136 Å². The van der Waals surface area contributed by atoms with Gasteiger partial charge in [0.25, 0.3) is 16.0 Å². The van der Waals surface area contributed by atoms with E-state index >= 15 is 0 Å². The molecule has 0 saturated heterocycles. The van der Waals surface area contributed by atoms with Crippen LogP contribution in [-0.2, 0) is 14.8 Å². The van der Waals surface area contributed by atoms with Crippen LogP contribution in [0.4, 0.5) is 19.1 Å². The Bertz CT molecular complexity index is 850. The number of esters is 1. The first-order chi connectivity index (χ1) is 11.6. The van der Waals surface area contributed by atoms with Crippen LogP contribution < -0.4 is 9.46 Å². The number of anilines is 1. The number of rotatable bonds is 6. The van der Waals surface area contributed by atoms with Gasteiger partial charge in [-0.1, -0.05) is 0 Å². The molecule has 0 spiro atoms. The number of aromatic amines is 1. The van der Waals surface area contributed by atoms with Gasteiger partial charge in [-0.05, 0) is 6.07 Å². The lowest BCUT2D eigenvalue weighted by atomic mass is 10.5. The van der Waals surface area contributed by atoms with Crippen molar-refractivity contribution in [3.63, 3.8) is 0 Å². The zero-order valence-corrected chi connectivity index (χ0v) is 13.2. The van der Waals surface area contributed by atoms with Crippen LogP contribution in [0.2, 0.25) is 0 Å². The molecule has 10 nitrogen and oxygen atoms in total. The van der Waals surface area contributed by atoms with Crippen LogP contribution in [0.25, 0.3) is 0 Å². The molecule has 2 aromatic heterocycles. The Hall–Kier alpha value is -2.90. The molecular formula is C11H10F3N5O5S. The summed E-state index contributed by atoms with van der Waals surface area (Å²) >= 11 is 0. The number of nitrogens with one attached hydrogen (secondary N) is 2. The molecule has 2 heterocycles. The summed E-state index contributed by atoms with van der Waals surface area (Å²) in [6, 6.07) is 1.94. The van der Waals surface area contributed by atoms with Crippen molar-refractivity contribution in [2.75, 3.05) is 18.4 Å². The first-order valence-corrected chi connectivity index (χ1v) is 7.78. The van der Waals surface area contributed by atoms with Crippen molar-refractivity contribution >= 4 is 21.9 Å². The van der Waals surface area contributed by atoms with Crippen LogP contribution in [0.1, 0.15) is 10.6 Å². The Morgan fingerprint density at radius 2 is 2.08 bits per heavy atom. The molecule has 0 aliphatic rings. The minimum absolute atomic E-state index is 0.325. The highest BCUT2D eigenvalue weighted by molar-refractivity contribution is 7.92. The highest BCUT2D eigenvalue weighted by atomic mass is 32.2. The van der Waals surface area contributed by atoms with Gasteiger partial charge < -0.3 is 9.47 Å². The zero-order chi connectivity index (χ0) is 18.7. The van der Waals surface area contributed by atoms with Crippen molar-refractivity contribution in [3.8, 4) is 5.88 Å². The van der Waals surface area contributed by atoms with Crippen molar-refractivity contribution < 1.29 is 35.9 Å². The van der Waals surface area contributed by atoms with Gasteiger partial charge in [-0.25, -0.2) is 22.9 Å². The Balaban J connectivity index is 2.09. The van der Waals surface area contributed by atoms with E-state index in [-0.39, 0.29) is 10.7 Å². The number of nitrogens with zero attached hydrogens (tertiary/aromatic N) is 3. The molecule has 2 N–H and O–H groups in total. The summed E-state index contributed by atoms with van der Waals surface area (Å²) in [5.41, 5.74) is 0. The zero-order valence-electron chi connectivity index (χ0n) is 12.4. The van der Waals surface area contributed by atoms with Gasteiger partial charge in [0, 0.05) is 6.07 Å². The number of H-pyrrole nitrogens is 1. The number of halogens is 3. The van der Waals surface area contributed by atoms with Gasteiger partial charge in [-0.3, -0.25) is 5.10 Å². The van der Waals surface area contributed by atoms with Gasteiger partial charge in [0.15, 0.2) is 6.61 Å². The lowest BCUT2D eigenvalue weighted by Gasteiger charge is -2.09. The predicted octanol–water partition coefficient (Wildman–Crippen LogP) is 0.728. The van der Waals surface area contributed by atoms with E-state index in [1.165, 1.54) is 0 Å². The van der Waals surface area contributed by atoms with Crippen molar-refractivity contribution in [1.29, 1.82) is 0 Å². The number of methoxy groups -OCH3 is 1. The molecule has 0 aromatic carbocycles. The molecule has 0 bridgehead atoms. The highest BCUT2D eigenvalue weighted by Crippen LogP contribution is 2.19. The molecule has 14 heteroatoms. The lowest BCUT2D eigenvalue weighted by molar-refractivity contribution is -0.154. The second kappa shape index (κ2) is 6.92. The van der Waals surface area contributed by atoms with E-state index in [0.29, 0.717) is 0 Å². The summed E-state index contributed by atoms with van der Waals surface area (Å²) in [4.78, 5) is 17.9. The SMILES string of the molecule is COC(=O)c1nc(NS(=O)(=O)c2ccc(OCC(F)(F)F)nc2)n[nH]1. The molecule has 136 valence electrons. The predicted molar refractivity (Wildman–Crippen MR) is 74.3 cm³/mol. The number of carbonyl (C=O) groups is 1. The molecule has 0 aliphatic heterocycles. The van der Waals surface area contributed by atoms with E-state index in [1.807, 2.05) is 4.72 Å². The van der Waals surface area contributed by atoms with Gasteiger partial charge >= 0.3 is 12.1 Å². The summed E-state index contributed by atoms with van der Waals surface area (Å²) < 4.78 is 71.0. The van der Waals surface area contributed by atoms with Crippen molar-refractivity contribution in [2.24, 2.45) is 0 Å². The van der Waals surface area contributed by atoms with Crippen molar-refractivity contribution in [1.82, 2.24) is 20.2 Å². The third kappa shape index (κ3) is 5.03. The summed E-state index contributed by atoms with van der Waals surface area (Å²) in [6.45, 7) is -1.56. The number of hydrogen-bond donors (Lipinski definition) is 2. The number of ether oxygens (including phenoxy) is 2. The van der Waals surface area contributed by atoms with Crippen LogP contribution in [0.5, 0.6) is 5.88 Å². The monoisotopic (exact) mass is 381 g/mol. The van der Waals surface area contributed by atoms with Crippen LogP contribution >= 0.6 is 0 Å². The molecule has 2 aromatic rings. The maximum absolute atomic E-state index is 12.1. The standard InChI is InChI=1S/C11H10F3N5O5S/c1-23-9(20)8-16-10(18-17-8)19-25(21,22)6-2-3-7(15-4-6)24-5-11(12,13)14/h2-4H,5H2,1H3,(H2,16,17,18,19). The number of carbonyl (C=O) groups excluding carboxylic acids is 1. The third-order valence-corrected chi connectivity index (χ3v) is 3.81. The minimum Gasteiger partial charge on any atom is -0.468 e. The van der Waals surface area contributed by atoms with Crippen LogP contribution in [0.3, 0.4) is 0 Å². The Kier molecular flexibility index (Phi) is 5.10. The first kappa shape index (κ1) is 18.4. The number of aromatic nitrogens is 4. The number of alkyl halides is 3. The molecule has 0 atom stereocenters. The molecular weight excluding hydrogens is 371 g/mol. The normalized spacial score (nSPS) is 11.8. The molecule has 0 radical (unpaired) electrons. The number of sulfonamides is 1. The molecule has 2 rings (SSSR count). The van der Waals surface area contributed by atoms with Crippen LogP contribution in [0.15, 0.2) is 23.2 Å². The Morgan fingerprint density at radius 3 is 2.64 bits per heavy atom. The van der Waals surface area contributed by atoms with E-state index in [1.54, 1.807) is 0 Å². The molecule has 0 saturated carbocycles. The Labute approximate surface area is 138 Å². The van der Waals surface area contributed by atoms with Gasteiger partial charge in [0.05, 0.1) is 13.3 Å². The smallest absolute Gasteiger partial charge is 0.422 e. The van der Waals surface area contributed by atoms with Crippen LogP contribution in [-0.4, -0.2) is 54.4 Å². The van der Waals surface area contributed by atoms with E-state index in [0.717, 1.165) is 25.4 Å². The van der Waals surface area contributed by atoms with Crippen molar-refractivity contribution in [3.05, 3.63) is 24.2 Å². The van der Waals surface area contributed by atoms with Gasteiger partial charge in [0.1, 0.15) is 4.90 Å². The van der Waals surface area contributed by atoms with E-state index < -0.39 is 40.6 Å². The lowest BCUT2D eigenvalue weighted by Crippen LogP contribution is -2.20. The summed E-state index contributed by atoms with van der Waals surface area (Å²) in [5.74, 6) is -2.01. The van der Waals surface area contributed by atoms with E-state index in [2.05, 4.69) is 29.6 Å². The van der Waals surface area contributed by atoms with Crippen molar-refractivity contribution in [2.45, 2.75) is 11.1 Å². The average Bonchev–Trinajstić information content (AvgIpc) is 2.99. The average molecular weight is 381 g/mol. The fourth-order valence-corrected chi connectivity index (χ4v) is 2.33. The maximum atomic E-state index is 12.1. The summed E-state index contributed by atoms with van der Waals surface area (Å²) in [6.07, 6.45) is -3.75. The Morgan fingerprint density at radius 1 is 1.36 bits per heavy atom. The van der Waals surface area contributed by atoms with Crippen LogP contribution in [0, 0.1) is 0 Å². The van der Waals surface area contributed by atoms with Gasteiger partial charge in [0.2, 0.25) is 11.7 Å². The first-order valence-electron chi connectivity index (χ1n) is 6.30. The molecule has 0 amide bonds. The molecule has 0 fully saturated rings. The van der Waals surface area contributed by atoms with E-state index in [9.17, 15) is 26.4 Å². The quantitative estimate of drug-likeness (QED) is 0.699.